The van der Waals surface area contributed by atoms with Gasteiger partial charge in [0.05, 0.1) is 0 Å². The van der Waals surface area contributed by atoms with Gasteiger partial charge in [0.25, 0.3) is 5.95 Å². The highest BCUT2D eigenvalue weighted by molar-refractivity contribution is 5.33. The molecule has 1 heterocycles. The van der Waals surface area contributed by atoms with Gasteiger partial charge in [-0.1, -0.05) is 12.1 Å². The fourth-order valence-electron chi connectivity index (χ4n) is 1.33. The zero-order chi connectivity index (χ0) is 12.3. The summed E-state index contributed by atoms with van der Waals surface area (Å²) in [6, 6.07) is 8.72. The topological polar surface area (TPSA) is 48.1 Å². The third-order valence-electron chi connectivity index (χ3n) is 2.12. The van der Waals surface area contributed by atoms with E-state index in [1.54, 1.807) is 12.1 Å². The number of hydrogen-bond donors (Lipinski definition) is 1. The van der Waals surface area contributed by atoms with E-state index >= 15 is 0 Å². The summed E-state index contributed by atoms with van der Waals surface area (Å²) in [5.74, 6) is -1.06. The third-order valence-corrected chi connectivity index (χ3v) is 2.12. The minimum Gasteiger partial charge on any atom is -0.484 e. The maximum Gasteiger partial charge on any atom is 0.257 e. The zero-order valence-corrected chi connectivity index (χ0v) is 8.86. The summed E-state index contributed by atoms with van der Waals surface area (Å²) < 4.78 is 31.3. The van der Waals surface area contributed by atoms with Gasteiger partial charge >= 0.3 is 0 Å². The van der Waals surface area contributed by atoms with Crippen LogP contribution in [0.1, 0.15) is 5.56 Å². The minimum atomic E-state index is -0.776. The van der Waals surface area contributed by atoms with Crippen LogP contribution in [-0.4, -0.2) is 4.98 Å². The lowest BCUT2D eigenvalue weighted by atomic mass is 10.2. The molecule has 0 radical (unpaired) electrons. The van der Waals surface area contributed by atoms with Crippen molar-refractivity contribution in [1.29, 1.82) is 0 Å². The average Bonchev–Trinajstić information content (AvgIpc) is 2.28. The van der Waals surface area contributed by atoms with Crippen LogP contribution in [0.4, 0.5) is 14.6 Å². The molecule has 0 spiro atoms. The number of anilines is 1. The van der Waals surface area contributed by atoms with E-state index in [2.05, 4.69) is 4.98 Å². The van der Waals surface area contributed by atoms with Crippen molar-refractivity contribution in [3.05, 3.63) is 53.7 Å². The number of pyridine rings is 1. The fourth-order valence-corrected chi connectivity index (χ4v) is 1.33. The lowest BCUT2D eigenvalue weighted by Gasteiger charge is -2.07. The summed E-state index contributed by atoms with van der Waals surface area (Å²) in [4.78, 5) is 3.42. The van der Waals surface area contributed by atoms with Crippen LogP contribution in [0, 0.1) is 11.8 Å². The Kier molecular flexibility index (Phi) is 3.18. The monoisotopic (exact) mass is 236 g/mol. The molecule has 17 heavy (non-hydrogen) atoms. The molecule has 0 saturated heterocycles. The van der Waals surface area contributed by atoms with Crippen LogP contribution in [-0.2, 0) is 6.61 Å². The molecule has 3 nitrogen and oxygen atoms in total. The number of nitrogens with two attached hydrogens (primary N) is 1. The van der Waals surface area contributed by atoms with Crippen molar-refractivity contribution in [1.82, 2.24) is 4.98 Å². The second kappa shape index (κ2) is 4.78. The number of rotatable bonds is 3. The van der Waals surface area contributed by atoms with Gasteiger partial charge in [0.1, 0.15) is 18.2 Å². The Labute approximate surface area is 96.9 Å². The molecule has 0 bridgehead atoms. The quantitative estimate of drug-likeness (QED) is 0.833. The Bertz CT molecular complexity index is 532. The van der Waals surface area contributed by atoms with E-state index in [-0.39, 0.29) is 24.0 Å². The van der Waals surface area contributed by atoms with E-state index in [0.29, 0.717) is 5.56 Å². The van der Waals surface area contributed by atoms with E-state index < -0.39 is 5.95 Å². The lowest BCUT2D eigenvalue weighted by Crippen LogP contribution is -2.00. The molecule has 2 aromatic rings. The number of nitrogen functional groups attached to an aromatic ring is 1. The Morgan fingerprint density at radius 1 is 1.18 bits per heavy atom. The van der Waals surface area contributed by atoms with E-state index in [9.17, 15) is 8.78 Å². The predicted octanol–water partition coefficient (Wildman–Crippen LogP) is 2.52. The van der Waals surface area contributed by atoms with Gasteiger partial charge in [0.15, 0.2) is 5.75 Å². The summed E-state index contributed by atoms with van der Waals surface area (Å²) in [5.41, 5.74) is 5.91. The second-order valence-corrected chi connectivity index (χ2v) is 3.44. The molecular weight excluding hydrogens is 226 g/mol. The highest BCUT2D eigenvalue weighted by Crippen LogP contribution is 2.17. The van der Waals surface area contributed by atoms with Crippen molar-refractivity contribution in [3.63, 3.8) is 0 Å². The van der Waals surface area contributed by atoms with Gasteiger partial charge in [-0.05, 0) is 29.8 Å². The molecule has 2 rings (SSSR count). The standard InChI is InChI=1S/C12H10F2N2O/c13-9-3-1-2-8(6-9)7-17-10-4-5-11(15)16-12(10)14/h1-6H,7H2,(H2,15,16). The SMILES string of the molecule is Nc1ccc(OCc2cccc(F)c2)c(F)n1. The van der Waals surface area contributed by atoms with Crippen molar-refractivity contribution in [2.24, 2.45) is 0 Å². The first kappa shape index (κ1) is 11.3. The number of aromatic nitrogens is 1. The van der Waals surface area contributed by atoms with E-state index in [0.717, 1.165) is 0 Å². The summed E-state index contributed by atoms with van der Waals surface area (Å²) in [6.07, 6.45) is 0. The molecule has 1 aromatic heterocycles. The summed E-state index contributed by atoms with van der Waals surface area (Å²) >= 11 is 0. The minimum absolute atomic E-state index is 0.0107. The zero-order valence-electron chi connectivity index (χ0n) is 8.86. The van der Waals surface area contributed by atoms with Crippen LogP contribution in [0.3, 0.4) is 0 Å². The van der Waals surface area contributed by atoms with Gasteiger partial charge in [-0.2, -0.15) is 9.37 Å². The number of halogens is 2. The highest BCUT2D eigenvalue weighted by atomic mass is 19.1. The number of hydrogen-bond acceptors (Lipinski definition) is 3. The molecule has 0 atom stereocenters. The first-order valence-corrected chi connectivity index (χ1v) is 4.94. The number of benzene rings is 1. The first-order chi connectivity index (χ1) is 8.15. The molecule has 2 N–H and O–H groups in total. The largest absolute Gasteiger partial charge is 0.484 e. The van der Waals surface area contributed by atoms with Crippen molar-refractivity contribution in [2.45, 2.75) is 6.61 Å². The molecule has 5 heteroatoms. The molecule has 0 unspecified atom stereocenters. The Morgan fingerprint density at radius 2 is 2.00 bits per heavy atom. The third kappa shape index (κ3) is 2.90. The van der Waals surface area contributed by atoms with Crippen molar-refractivity contribution in [3.8, 4) is 5.75 Å². The van der Waals surface area contributed by atoms with Crippen LogP contribution in [0.25, 0.3) is 0 Å². The van der Waals surface area contributed by atoms with Crippen molar-refractivity contribution >= 4 is 5.82 Å². The van der Waals surface area contributed by atoms with Crippen molar-refractivity contribution in [2.75, 3.05) is 5.73 Å². The first-order valence-electron chi connectivity index (χ1n) is 4.94. The molecule has 0 amide bonds. The van der Waals surface area contributed by atoms with Crippen LogP contribution in [0.2, 0.25) is 0 Å². The van der Waals surface area contributed by atoms with E-state index in [1.807, 2.05) is 0 Å². The molecule has 88 valence electrons. The average molecular weight is 236 g/mol. The molecule has 0 aliphatic carbocycles. The van der Waals surface area contributed by atoms with E-state index in [4.69, 9.17) is 10.5 Å². The highest BCUT2D eigenvalue weighted by Gasteiger charge is 2.05. The van der Waals surface area contributed by atoms with Crippen LogP contribution in [0.5, 0.6) is 5.75 Å². The van der Waals surface area contributed by atoms with Gasteiger partial charge in [-0.25, -0.2) is 4.39 Å². The molecule has 0 aliphatic rings. The molecule has 1 aromatic carbocycles. The Hall–Kier alpha value is -2.17. The molecule has 0 aliphatic heterocycles. The summed E-state index contributed by atoms with van der Waals surface area (Å²) in [7, 11) is 0. The van der Waals surface area contributed by atoms with E-state index in [1.165, 1.54) is 24.3 Å². The van der Waals surface area contributed by atoms with Gasteiger partial charge in [-0.15, -0.1) is 0 Å². The number of nitrogens with zero attached hydrogens (tertiary/aromatic N) is 1. The molecule has 0 fully saturated rings. The van der Waals surface area contributed by atoms with Gasteiger partial charge in [0.2, 0.25) is 0 Å². The Morgan fingerprint density at radius 3 is 2.71 bits per heavy atom. The molecule has 0 saturated carbocycles. The summed E-state index contributed by atoms with van der Waals surface area (Å²) in [6.45, 7) is 0.0697. The Balaban J connectivity index is 2.07. The fraction of sp³-hybridized carbons (Fsp3) is 0.0833. The maximum atomic E-state index is 13.2. The normalized spacial score (nSPS) is 10.2. The lowest BCUT2D eigenvalue weighted by molar-refractivity contribution is 0.285. The smallest absolute Gasteiger partial charge is 0.257 e. The van der Waals surface area contributed by atoms with Gasteiger partial charge < -0.3 is 10.5 Å². The second-order valence-electron chi connectivity index (χ2n) is 3.44. The summed E-state index contributed by atoms with van der Waals surface area (Å²) in [5, 5.41) is 0. The predicted molar refractivity (Wildman–Crippen MR) is 59.3 cm³/mol. The van der Waals surface area contributed by atoms with Crippen molar-refractivity contribution < 1.29 is 13.5 Å². The van der Waals surface area contributed by atoms with Crippen LogP contribution >= 0.6 is 0 Å². The van der Waals surface area contributed by atoms with Gasteiger partial charge in [0, 0.05) is 0 Å². The maximum absolute atomic E-state index is 13.2. The van der Waals surface area contributed by atoms with Crippen LogP contribution in [0.15, 0.2) is 36.4 Å². The molecular formula is C12H10F2N2O. The van der Waals surface area contributed by atoms with Gasteiger partial charge in [-0.3, -0.25) is 0 Å². The van der Waals surface area contributed by atoms with Crippen LogP contribution < -0.4 is 10.5 Å². The number of ether oxygens (including phenoxy) is 1.